The molecule has 0 spiro atoms. The van der Waals surface area contributed by atoms with Crippen LogP contribution in [0.5, 0.6) is 11.5 Å². The monoisotopic (exact) mass is 373 g/mol. The number of nitrogens with two attached hydrogens (primary N) is 1. The zero-order chi connectivity index (χ0) is 18.7. The van der Waals surface area contributed by atoms with Crippen molar-refractivity contribution < 1.29 is 28.9 Å². The second-order valence-electron chi connectivity index (χ2n) is 4.71. The predicted molar refractivity (Wildman–Crippen MR) is 95.0 cm³/mol. The molecule has 0 radical (unpaired) electrons. The van der Waals surface area contributed by atoms with Crippen LogP contribution >= 0.6 is 11.9 Å². The lowest BCUT2D eigenvalue weighted by Gasteiger charge is -2.13. The smallest absolute Gasteiger partial charge is 0.256 e. The van der Waals surface area contributed by atoms with Gasteiger partial charge in [0.15, 0.2) is 5.75 Å². The van der Waals surface area contributed by atoms with Gasteiger partial charge in [0.2, 0.25) is 5.91 Å². The van der Waals surface area contributed by atoms with Crippen LogP contribution in [0.15, 0.2) is 12.1 Å². The highest BCUT2D eigenvalue weighted by Crippen LogP contribution is 2.34. The Morgan fingerprint density at radius 2 is 1.96 bits per heavy atom. The van der Waals surface area contributed by atoms with Crippen molar-refractivity contribution in [3.05, 3.63) is 17.7 Å². The van der Waals surface area contributed by atoms with Crippen molar-refractivity contribution in [3.8, 4) is 11.5 Å². The standard InChI is InChI=1S/C15H23N3O6S/c1-22-11-4-3-10(14(20)13(11)15(16)21)18-12(19)9-24-8-7-23-6-5-17-25-2/h3-4,17,20H,5-9H2,1-2H3,(H2,16,21)(H,18,19). The largest absolute Gasteiger partial charge is 0.505 e. The molecular weight excluding hydrogens is 350 g/mol. The number of amides is 2. The summed E-state index contributed by atoms with van der Waals surface area (Å²) >= 11 is 1.51. The molecule has 0 saturated carbocycles. The summed E-state index contributed by atoms with van der Waals surface area (Å²) < 4.78 is 18.4. The summed E-state index contributed by atoms with van der Waals surface area (Å²) in [6.45, 7) is 1.67. The molecule has 0 aromatic heterocycles. The first-order valence-corrected chi connectivity index (χ1v) is 8.64. The quantitative estimate of drug-likeness (QED) is 0.234. The molecule has 0 saturated heterocycles. The van der Waals surface area contributed by atoms with Crippen molar-refractivity contribution in [2.75, 3.05) is 51.7 Å². The Morgan fingerprint density at radius 1 is 1.24 bits per heavy atom. The minimum Gasteiger partial charge on any atom is -0.505 e. The average Bonchev–Trinajstić information content (AvgIpc) is 2.58. The van der Waals surface area contributed by atoms with Gasteiger partial charge in [-0.1, -0.05) is 11.9 Å². The lowest BCUT2D eigenvalue weighted by Crippen LogP contribution is -2.21. The van der Waals surface area contributed by atoms with Gasteiger partial charge in [-0.25, -0.2) is 0 Å². The number of hydrogen-bond acceptors (Lipinski definition) is 8. The van der Waals surface area contributed by atoms with E-state index in [1.165, 1.54) is 31.2 Å². The number of anilines is 1. The van der Waals surface area contributed by atoms with Gasteiger partial charge in [-0.15, -0.1) is 0 Å². The van der Waals surface area contributed by atoms with Crippen molar-refractivity contribution in [3.63, 3.8) is 0 Å². The van der Waals surface area contributed by atoms with Crippen LogP contribution in [0.2, 0.25) is 0 Å². The zero-order valence-electron chi connectivity index (χ0n) is 14.2. The SMILES string of the molecule is COc1ccc(NC(=O)COCCOCCNSC)c(O)c1C(N)=O. The second kappa shape index (κ2) is 11.5. The molecule has 0 heterocycles. The summed E-state index contributed by atoms with van der Waals surface area (Å²) in [5.41, 5.74) is 5.06. The Hall–Kier alpha value is -2.01. The Balaban J connectivity index is 2.42. The highest BCUT2D eigenvalue weighted by atomic mass is 32.2. The number of rotatable bonds is 12. The molecule has 2 amide bonds. The maximum atomic E-state index is 11.8. The maximum Gasteiger partial charge on any atom is 0.256 e. The molecule has 140 valence electrons. The zero-order valence-corrected chi connectivity index (χ0v) is 15.0. The lowest BCUT2D eigenvalue weighted by molar-refractivity contribution is -0.121. The summed E-state index contributed by atoms with van der Waals surface area (Å²) in [5.74, 6) is -1.69. The molecule has 0 unspecified atom stereocenters. The van der Waals surface area contributed by atoms with E-state index in [2.05, 4.69) is 10.0 Å². The Morgan fingerprint density at radius 3 is 2.60 bits per heavy atom. The average molecular weight is 373 g/mol. The van der Waals surface area contributed by atoms with E-state index >= 15 is 0 Å². The van der Waals surface area contributed by atoms with E-state index in [4.69, 9.17) is 19.9 Å². The highest BCUT2D eigenvalue weighted by Gasteiger charge is 2.19. The Bertz CT molecular complexity index is 585. The molecule has 1 aromatic carbocycles. The van der Waals surface area contributed by atoms with Gasteiger partial charge in [0.25, 0.3) is 5.91 Å². The van der Waals surface area contributed by atoms with Gasteiger partial charge in [-0.3, -0.25) is 14.3 Å². The van der Waals surface area contributed by atoms with Crippen molar-refractivity contribution >= 4 is 29.4 Å². The fourth-order valence-electron chi connectivity index (χ4n) is 1.87. The predicted octanol–water partition coefficient (Wildman–Crippen LogP) is 0.339. The molecule has 0 bridgehead atoms. The number of carbonyl (C=O) groups excluding carboxylic acids is 2. The van der Waals surface area contributed by atoms with Gasteiger partial charge in [0.1, 0.15) is 17.9 Å². The van der Waals surface area contributed by atoms with Crippen LogP contribution in [-0.4, -0.2) is 63.3 Å². The van der Waals surface area contributed by atoms with E-state index in [-0.39, 0.29) is 30.2 Å². The summed E-state index contributed by atoms with van der Waals surface area (Å²) in [6.07, 6.45) is 1.93. The fourth-order valence-corrected chi connectivity index (χ4v) is 2.16. The molecule has 0 aliphatic heterocycles. The molecule has 1 rings (SSSR count). The second-order valence-corrected chi connectivity index (χ2v) is 5.41. The number of benzene rings is 1. The number of primary amides is 1. The van der Waals surface area contributed by atoms with Crippen molar-refractivity contribution in [2.24, 2.45) is 5.73 Å². The maximum absolute atomic E-state index is 11.8. The van der Waals surface area contributed by atoms with E-state index in [9.17, 15) is 14.7 Å². The van der Waals surface area contributed by atoms with Crippen LogP contribution in [-0.2, 0) is 14.3 Å². The van der Waals surface area contributed by atoms with Gasteiger partial charge in [0.05, 0.1) is 32.6 Å². The molecule has 0 aliphatic carbocycles. The van der Waals surface area contributed by atoms with Crippen LogP contribution in [0.25, 0.3) is 0 Å². The molecule has 10 heteroatoms. The number of phenols is 1. The number of hydrogen-bond donors (Lipinski definition) is 4. The highest BCUT2D eigenvalue weighted by molar-refractivity contribution is 7.96. The lowest BCUT2D eigenvalue weighted by atomic mass is 10.1. The van der Waals surface area contributed by atoms with Crippen LogP contribution in [0.3, 0.4) is 0 Å². The van der Waals surface area contributed by atoms with Crippen LogP contribution < -0.4 is 20.5 Å². The summed E-state index contributed by atoms with van der Waals surface area (Å²) in [5, 5.41) is 12.5. The molecule has 9 nitrogen and oxygen atoms in total. The van der Waals surface area contributed by atoms with E-state index in [1.54, 1.807) is 0 Å². The Labute approximate surface area is 150 Å². The van der Waals surface area contributed by atoms with E-state index in [0.717, 1.165) is 6.54 Å². The number of nitrogens with one attached hydrogen (secondary N) is 2. The number of aromatic hydroxyl groups is 1. The molecule has 0 aliphatic rings. The number of carbonyl (C=O) groups is 2. The molecular formula is C15H23N3O6S. The number of methoxy groups -OCH3 is 1. The molecule has 0 fully saturated rings. The minimum absolute atomic E-state index is 0.0441. The van der Waals surface area contributed by atoms with E-state index in [0.29, 0.717) is 13.2 Å². The minimum atomic E-state index is -0.866. The van der Waals surface area contributed by atoms with Gasteiger partial charge in [-0.2, -0.15) is 0 Å². The molecule has 0 atom stereocenters. The van der Waals surface area contributed by atoms with E-state index < -0.39 is 17.6 Å². The van der Waals surface area contributed by atoms with Gasteiger partial charge in [0, 0.05) is 6.54 Å². The van der Waals surface area contributed by atoms with Crippen molar-refractivity contribution in [1.82, 2.24) is 4.72 Å². The third-order valence-corrected chi connectivity index (χ3v) is 3.47. The fraction of sp³-hybridized carbons (Fsp3) is 0.467. The van der Waals surface area contributed by atoms with Crippen LogP contribution in [0.4, 0.5) is 5.69 Å². The topological polar surface area (TPSA) is 132 Å². The first kappa shape index (κ1) is 21.0. The normalized spacial score (nSPS) is 10.5. The third kappa shape index (κ3) is 7.18. The van der Waals surface area contributed by atoms with E-state index in [1.807, 2.05) is 6.26 Å². The van der Waals surface area contributed by atoms with Crippen LogP contribution in [0, 0.1) is 0 Å². The van der Waals surface area contributed by atoms with Gasteiger partial charge in [-0.05, 0) is 18.4 Å². The van der Waals surface area contributed by atoms with Crippen molar-refractivity contribution in [2.45, 2.75) is 0 Å². The molecule has 25 heavy (non-hydrogen) atoms. The van der Waals surface area contributed by atoms with Crippen LogP contribution in [0.1, 0.15) is 10.4 Å². The first-order valence-electron chi connectivity index (χ1n) is 7.42. The van der Waals surface area contributed by atoms with Gasteiger partial charge >= 0.3 is 0 Å². The summed E-state index contributed by atoms with van der Waals surface area (Å²) in [6, 6.07) is 2.83. The first-order chi connectivity index (χ1) is 12.0. The van der Waals surface area contributed by atoms with Gasteiger partial charge < -0.3 is 30.4 Å². The number of ether oxygens (including phenoxy) is 3. The summed E-state index contributed by atoms with van der Waals surface area (Å²) in [4.78, 5) is 23.2. The molecule has 1 aromatic rings. The van der Waals surface area contributed by atoms with Crippen molar-refractivity contribution in [1.29, 1.82) is 0 Å². The molecule has 5 N–H and O–H groups in total. The third-order valence-electron chi connectivity index (χ3n) is 2.98. The summed E-state index contributed by atoms with van der Waals surface area (Å²) in [7, 11) is 1.34. The Kier molecular flexibility index (Phi) is 9.70.